The lowest BCUT2D eigenvalue weighted by molar-refractivity contribution is -0.137. The summed E-state index contributed by atoms with van der Waals surface area (Å²) in [7, 11) is 1.76. The van der Waals surface area contributed by atoms with E-state index in [-0.39, 0.29) is 12.6 Å². The predicted molar refractivity (Wildman–Crippen MR) is 52.9 cm³/mol. The van der Waals surface area contributed by atoms with Crippen LogP contribution >= 0.6 is 0 Å². The Balaban J connectivity index is 2.39. The molecule has 1 aliphatic heterocycles. The second-order valence-corrected chi connectivity index (χ2v) is 3.77. The standard InChI is InChI=1S/C11H12F3NO/c1-15-10-6-16-5-7-4-8(11(12,13)14)2-3-9(7)10/h2-4,10,15H,5-6H2,1H3/t10-/m1/s1. The van der Waals surface area contributed by atoms with Crippen molar-refractivity contribution in [2.45, 2.75) is 18.8 Å². The van der Waals surface area contributed by atoms with Crippen molar-refractivity contribution in [3.8, 4) is 0 Å². The maximum Gasteiger partial charge on any atom is 0.416 e. The Labute approximate surface area is 91.4 Å². The topological polar surface area (TPSA) is 21.3 Å². The molecule has 0 bridgehead atoms. The molecular weight excluding hydrogens is 219 g/mol. The van der Waals surface area contributed by atoms with Gasteiger partial charge in [-0.05, 0) is 30.3 Å². The van der Waals surface area contributed by atoms with Crippen LogP contribution in [0.4, 0.5) is 13.2 Å². The van der Waals surface area contributed by atoms with E-state index in [4.69, 9.17) is 4.74 Å². The highest BCUT2D eigenvalue weighted by molar-refractivity contribution is 5.36. The van der Waals surface area contributed by atoms with E-state index in [2.05, 4.69) is 5.32 Å². The number of halogens is 3. The van der Waals surface area contributed by atoms with Crippen molar-refractivity contribution in [1.82, 2.24) is 5.32 Å². The monoisotopic (exact) mass is 231 g/mol. The molecule has 0 aromatic heterocycles. The quantitative estimate of drug-likeness (QED) is 0.801. The zero-order valence-corrected chi connectivity index (χ0v) is 8.77. The van der Waals surface area contributed by atoms with Crippen LogP contribution in [0.5, 0.6) is 0 Å². The summed E-state index contributed by atoms with van der Waals surface area (Å²) in [4.78, 5) is 0. The SMILES string of the molecule is CN[C@@H]1COCc2cc(C(F)(F)F)ccc21. The molecule has 0 unspecified atom stereocenters. The van der Waals surface area contributed by atoms with Gasteiger partial charge in [0.15, 0.2) is 0 Å². The van der Waals surface area contributed by atoms with Crippen molar-refractivity contribution in [3.05, 3.63) is 34.9 Å². The smallest absolute Gasteiger partial charge is 0.375 e. The molecule has 1 aromatic rings. The first-order valence-corrected chi connectivity index (χ1v) is 4.97. The van der Waals surface area contributed by atoms with Crippen molar-refractivity contribution in [2.24, 2.45) is 0 Å². The van der Waals surface area contributed by atoms with E-state index in [0.717, 1.165) is 11.6 Å². The minimum absolute atomic E-state index is 0.0222. The third-order valence-corrected chi connectivity index (χ3v) is 2.74. The number of benzene rings is 1. The first-order valence-electron chi connectivity index (χ1n) is 4.97. The van der Waals surface area contributed by atoms with Gasteiger partial charge in [-0.25, -0.2) is 0 Å². The van der Waals surface area contributed by atoms with Gasteiger partial charge in [-0.2, -0.15) is 13.2 Å². The van der Waals surface area contributed by atoms with E-state index >= 15 is 0 Å². The highest BCUT2D eigenvalue weighted by Crippen LogP contribution is 2.33. The maximum atomic E-state index is 12.5. The molecule has 1 N–H and O–H groups in total. The summed E-state index contributed by atoms with van der Waals surface area (Å²) in [6, 6.07) is 3.79. The van der Waals surface area contributed by atoms with E-state index in [0.29, 0.717) is 12.2 Å². The van der Waals surface area contributed by atoms with Crippen LogP contribution in [-0.2, 0) is 17.5 Å². The van der Waals surface area contributed by atoms with Crippen LogP contribution in [0, 0.1) is 0 Å². The van der Waals surface area contributed by atoms with Gasteiger partial charge < -0.3 is 10.1 Å². The van der Waals surface area contributed by atoms with E-state index in [9.17, 15) is 13.2 Å². The van der Waals surface area contributed by atoms with Gasteiger partial charge in [0.25, 0.3) is 0 Å². The molecule has 2 nitrogen and oxygen atoms in total. The number of ether oxygens (including phenoxy) is 1. The molecular formula is C11H12F3NO. The van der Waals surface area contributed by atoms with Crippen LogP contribution in [0.3, 0.4) is 0 Å². The molecule has 0 aliphatic carbocycles. The molecule has 88 valence electrons. The summed E-state index contributed by atoms with van der Waals surface area (Å²) >= 11 is 0. The molecule has 0 radical (unpaired) electrons. The third kappa shape index (κ3) is 2.05. The highest BCUT2D eigenvalue weighted by atomic mass is 19.4. The van der Waals surface area contributed by atoms with Gasteiger partial charge in [0.2, 0.25) is 0 Å². The van der Waals surface area contributed by atoms with Crippen LogP contribution < -0.4 is 5.32 Å². The van der Waals surface area contributed by atoms with Crippen LogP contribution in [0.1, 0.15) is 22.7 Å². The van der Waals surface area contributed by atoms with Crippen LogP contribution in [0.15, 0.2) is 18.2 Å². The first kappa shape index (κ1) is 11.4. The predicted octanol–water partition coefficient (Wildman–Crippen LogP) is 2.50. The molecule has 16 heavy (non-hydrogen) atoms. The Morgan fingerprint density at radius 1 is 1.38 bits per heavy atom. The molecule has 0 amide bonds. The van der Waals surface area contributed by atoms with Gasteiger partial charge in [0.1, 0.15) is 0 Å². The Bertz CT molecular complexity index is 389. The average Bonchev–Trinajstić information content (AvgIpc) is 2.26. The van der Waals surface area contributed by atoms with Gasteiger partial charge >= 0.3 is 6.18 Å². The molecule has 0 saturated carbocycles. The molecule has 0 fully saturated rings. The second kappa shape index (κ2) is 4.07. The summed E-state index contributed by atoms with van der Waals surface area (Å²) in [5.74, 6) is 0. The fraction of sp³-hybridized carbons (Fsp3) is 0.455. The van der Waals surface area contributed by atoms with Crippen LogP contribution in [-0.4, -0.2) is 13.7 Å². The van der Waals surface area contributed by atoms with E-state index in [1.165, 1.54) is 12.1 Å². The molecule has 0 saturated heterocycles. The number of nitrogens with one attached hydrogen (secondary N) is 1. The molecule has 0 spiro atoms. The Morgan fingerprint density at radius 3 is 2.75 bits per heavy atom. The largest absolute Gasteiger partial charge is 0.416 e. The number of alkyl halides is 3. The van der Waals surface area contributed by atoms with Gasteiger partial charge in [0, 0.05) is 0 Å². The number of likely N-dealkylation sites (N-methyl/N-ethyl adjacent to an activating group) is 1. The molecule has 2 rings (SSSR count). The molecule has 1 aromatic carbocycles. The van der Waals surface area contributed by atoms with Gasteiger partial charge in [0.05, 0.1) is 24.8 Å². The van der Waals surface area contributed by atoms with E-state index in [1.807, 2.05) is 0 Å². The molecule has 1 heterocycles. The number of hydrogen-bond acceptors (Lipinski definition) is 2. The number of hydrogen-bond donors (Lipinski definition) is 1. The minimum atomic E-state index is -4.29. The van der Waals surface area contributed by atoms with Crippen LogP contribution in [0.25, 0.3) is 0 Å². The Hall–Kier alpha value is -1.07. The summed E-state index contributed by atoms with van der Waals surface area (Å²) < 4.78 is 42.7. The summed E-state index contributed by atoms with van der Waals surface area (Å²) in [5, 5.41) is 3.01. The zero-order chi connectivity index (χ0) is 11.8. The lowest BCUT2D eigenvalue weighted by Gasteiger charge is -2.26. The van der Waals surface area contributed by atoms with Crippen LogP contribution in [0.2, 0.25) is 0 Å². The fourth-order valence-electron chi connectivity index (χ4n) is 1.86. The van der Waals surface area contributed by atoms with Gasteiger partial charge in [-0.15, -0.1) is 0 Å². The third-order valence-electron chi connectivity index (χ3n) is 2.74. The molecule has 1 aliphatic rings. The highest BCUT2D eigenvalue weighted by Gasteiger charge is 2.32. The fourth-order valence-corrected chi connectivity index (χ4v) is 1.86. The van der Waals surface area contributed by atoms with Crippen molar-refractivity contribution >= 4 is 0 Å². The summed E-state index contributed by atoms with van der Waals surface area (Å²) in [5.41, 5.74) is 0.883. The Morgan fingerprint density at radius 2 is 2.12 bits per heavy atom. The van der Waals surface area contributed by atoms with Crippen molar-refractivity contribution < 1.29 is 17.9 Å². The van der Waals surface area contributed by atoms with Crippen molar-refractivity contribution in [2.75, 3.05) is 13.7 Å². The Kier molecular flexibility index (Phi) is 2.90. The first-order chi connectivity index (χ1) is 7.52. The van der Waals surface area contributed by atoms with Crippen molar-refractivity contribution in [1.29, 1.82) is 0 Å². The normalized spacial score (nSPS) is 20.6. The van der Waals surface area contributed by atoms with E-state index < -0.39 is 11.7 Å². The van der Waals surface area contributed by atoms with Gasteiger partial charge in [-0.1, -0.05) is 6.07 Å². The zero-order valence-electron chi connectivity index (χ0n) is 8.77. The molecule has 5 heteroatoms. The van der Waals surface area contributed by atoms with E-state index in [1.54, 1.807) is 7.05 Å². The lowest BCUT2D eigenvalue weighted by Crippen LogP contribution is -2.27. The number of rotatable bonds is 1. The minimum Gasteiger partial charge on any atom is -0.375 e. The lowest BCUT2D eigenvalue weighted by atomic mass is 9.97. The summed E-state index contributed by atoms with van der Waals surface area (Å²) in [6.07, 6.45) is -4.29. The summed E-state index contributed by atoms with van der Waals surface area (Å²) in [6.45, 7) is 0.742. The van der Waals surface area contributed by atoms with Crippen molar-refractivity contribution in [3.63, 3.8) is 0 Å². The second-order valence-electron chi connectivity index (χ2n) is 3.77. The average molecular weight is 231 g/mol. The van der Waals surface area contributed by atoms with Gasteiger partial charge in [-0.3, -0.25) is 0 Å². The molecule has 1 atom stereocenters. The number of fused-ring (bicyclic) bond motifs is 1. The maximum absolute atomic E-state index is 12.5.